The van der Waals surface area contributed by atoms with Crippen LogP contribution in [0.25, 0.3) is 10.9 Å². The maximum absolute atomic E-state index is 10.7. The number of rotatable bonds is 4. The molecule has 2 unspecified atom stereocenters. The monoisotopic (exact) mass is 306 g/mol. The fourth-order valence-electron chi connectivity index (χ4n) is 3.83. The Kier molecular flexibility index (Phi) is 3.68. The summed E-state index contributed by atoms with van der Waals surface area (Å²) in [7, 11) is 0. The zero-order valence-electron chi connectivity index (χ0n) is 13.1. The molecule has 1 saturated heterocycles. The van der Waals surface area contributed by atoms with Crippen LogP contribution in [0.3, 0.4) is 0 Å². The largest absolute Gasteiger partial charge is 0.388 e. The molecule has 0 saturated carbocycles. The Balaban J connectivity index is 1.68. The van der Waals surface area contributed by atoms with Crippen LogP contribution in [0.15, 0.2) is 60.8 Å². The molecule has 3 aromatic rings. The van der Waals surface area contributed by atoms with Gasteiger partial charge in [-0.1, -0.05) is 36.4 Å². The van der Waals surface area contributed by atoms with Crippen molar-refractivity contribution < 1.29 is 5.11 Å². The molecule has 1 fully saturated rings. The van der Waals surface area contributed by atoms with Gasteiger partial charge in [0.1, 0.15) is 0 Å². The van der Waals surface area contributed by atoms with Gasteiger partial charge < -0.3 is 15.4 Å². The first-order valence-electron chi connectivity index (χ1n) is 8.28. The predicted molar refractivity (Wildman–Crippen MR) is 93.5 cm³/mol. The van der Waals surface area contributed by atoms with Gasteiger partial charge in [-0.2, -0.15) is 0 Å². The molecule has 1 aliphatic rings. The Labute approximate surface area is 136 Å². The van der Waals surface area contributed by atoms with Gasteiger partial charge >= 0.3 is 0 Å². The van der Waals surface area contributed by atoms with Crippen LogP contribution >= 0.6 is 0 Å². The third kappa shape index (κ3) is 2.67. The smallest absolute Gasteiger partial charge is 0.0799 e. The zero-order chi connectivity index (χ0) is 15.7. The molecule has 0 bridgehead atoms. The van der Waals surface area contributed by atoms with Gasteiger partial charge in [0.25, 0.3) is 0 Å². The standard InChI is InChI=1S/C20H22N2O/c23-19(15-4-2-1-3-5-15)13-20(9-11-21-14-20)17-6-7-18-16(12-17)8-10-22-18/h1-8,10,12,19,21-23H,9,11,13-14H2. The topological polar surface area (TPSA) is 48.0 Å². The summed E-state index contributed by atoms with van der Waals surface area (Å²) < 4.78 is 0. The summed E-state index contributed by atoms with van der Waals surface area (Å²) in [5, 5.41) is 15.5. The number of aromatic nitrogens is 1. The number of hydrogen-bond acceptors (Lipinski definition) is 2. The lowest BCUT2D eigenvalue weighted by Gasteiger charge is -2.31. The maximum Gasteiger partial charge on any atom is 0.0799 e. The summed E-state index contributed by atoms with van der Waals surface area (Å²) in [6.07, 6.45) is 3.36. The van der Waals surface area contributed by atoms with Crippen LogP contribution < -0.4 is 5.32 Å². The van der Waals surface area contributed by atoms with Gasteiger partial charge in [0.05, 0.1) is 6.10 Å². The minimum atomic E-state index is -0.432. The third-order valence-electron chi connectivity index (χ3n) is 5.18. The van der Waals surface area contributed by atoms with E-state index in [1.165, 1.54) is 16.5 Å². The number of fused-ring (bicyclic) bond motifs is 1. The SMILES string of the molecule is OC(CC1(c2ccc3[nH]ccc3c2)CCNC1)c1ccccc1. The normalized spacial score (nSPS) is 22.5. The minimum Gasteiger partial charge on any atom is -0.388 e. The summed E-state index contributed by atoms with van der Waals surface area (Å²) in [6.45, 7) is 1.93. The van der Waals surface area contributed by atoms with E-state index in [1.54, 1.807) is 0 Å². The van der Waals surface area contributed by atoms with E-state index in [0.717, 1.165) is 31.5 Å². The molecule has 4 rings (SSSR count). The van der Waals surface area contributed by atoms with Gasteiger partial charge in [0, 0.05) is 23.7 Å². The molecular weight excluding hydrogens is 284 g/mol. The first-order valence-corrected chi connectivity index (χ1v) is 8.28. The van der Waals surface area contributed by atoms with Crippen LogP contribution in [-0.2, 0) is 5.41 Å². The second-order valence-corrected chi connectivity index (χ2v) is 6.62. The summed E-state index contributed by atoms with van der Waals surface area (Å²) in [5.41, 5.74) is 3.49. The van der Waals surface area contributed by atoms with Crippen LogP contribution in [-0.4, -0.2) is 23.2 Å². The minimum absolute atomic E-state index is 0.000712. The number of aliphatic hydroxyl groups is 1. The van der Waals surface area contributed by atoms with Gasteiger partial charge in [-0.15, -0.1) is 0 Å². The molecule has 0 radical (unpaired) electrons. The van der Waals surface area contributed by atoms with E-state index >= 15 is 0 Å². The molecule has 3 nitrogen and oxygen atoms in total. The molecule has 1 aliphatic heterocycles. The summed E-state index contributed by atoms with van der Waals surface area (Å²) in [6, 6.07) is 18.7. The molecule has 118 valence electrons. The van der Waals surface area contributed by atoms with Crippen molar-refractivity contribution in [2.45, 2.75) is 24.4 Å². The Hall–Kier alpha value is -2.10. The lowest BCUT2D eigenvalue weighted by Crippen LogP contribution is -2.31. The fourth-order valence-corrected chi connectivity index (χ4v) is 3.83. The summed E-state index contributed by atoms with van der Waals surface area (Å²) in [4.78, 5) is 3.25. The molecule has 2 heterocycles. The van der Waals surface area contributed by atoms with E-state index in [-0.39, 0.29) is 5.41 Å². The number of H-pyrrole nitrogens is 1. The average Bonchev–Trinajstić information content (AvgIpc) is 3.24. The molecule has 0 amide bonds. The molecule has 0 aliphatic carbocycles. The van der Waals surface area contributed by atoms with Gasteiger partial charge in [-0.05, 0) is 54.1 Å². The maximum atomic E-state index is 10.7. The van der Waals surface area contributed by atoms with E-state index in [0.29, 0.717) is 0 Å². The highest BCUT2D eigenvalue weighted by atomic mass is 16.3. The Bertz CT molecular complexity index is 788. The molecule has 2 atom stereocenters. The number of nitrogens with one attached hydrogen (secondary N) is 2. The third-order valence-corrected chi connectivity index (χ3v) is 5.18. The van der Waals surface area contributed by atoms with E-state index in [2.05, 4.69) is 34.6 Å². The molecule has 0 spiro atoms. The van der Waals surface area contributed by atoms with E-state index in [9.17, 15) is 5.11 Å². The van der Waals surface area contributed by atoms with Gasteiger partial charge in [-0.3, -0.25) is 0 Å². The van der Waals surface area contributed by atoms with Crippen LogP contribution in [0.4, 0.5) is 0 Å². The van der Waals surface area contributed by atoms with Gasteiger partial charge in [0.15, 0.2) is 0 Å². The van der Waals surface area contributed by atoms with Crippen molar-refractivity contribution in [3.05, 3.63) is 71.9 Å². The van der Waals surface area contributed by atoms with E-state index in [1.807, 2.05) is 36.5 Å². The van der Waals surface area contributed by atoms with Crippen molar-refractivity contribution >= 4 is 10.9 Å². The van der Waals surface area contributed by atoms with Crippen molar-refractivity contribution in [1.82, 2.24) is 10.3 Å². The second-order valence-electron chi connectivity index (χ2n) is 6.62. The van der Waals surface area contributed by atoms with Gasteiger partial charge in [-0.25, -0.2) is 0 Å². The number of hydrogen-bond donors (Lipinski definition) is 3. The van der Waals surface area contributed by atoms with Crippen LogP contribution in [0, 0.1) is 0 Å². The van der Waals surface area contributed by atoms with E-state index in [4.69, 9.17) is 0 Å². The quantitative estimate of drug-likeness (QED) is 0.690. The van der Waals surface area contributed by atoms with Gasteiger partial charge in [0.2, 0.25) is 0 Å². The van der Waals surface area contributed by atoms with Crippen LogP contribution in [0.2, 0.25) is 0 Å². The average molecular weight is 306 g/mol. The second kappa shape index (κ2) is 5.84. The lowest BCUT2D eigenvalue weighted by molar-refractivity contribution is 0.135. The first kappa shape index (κ1) is 14.5. The predicted octanol–water partition coefficient (Wildman–Crippen LogP) is 3.52. The van der Waals surface area contributed by atoms with Crippen molar-refractivity contribution in [3.63, 3.8) is 0 Å². The molecule has 3 N–H and O–H groups in total. The first-order chi connectivity index (χ1) is 11.3. The van der Waals surface area contributed by atoms with Crippen LogP contribution in [0.1, 0.15) is 30.1 Å². The Morgan fingerprint density at radius 3 is 2.74 bits per heavy atom. The van der Waals surface area contributed by atoms with Crippen molar-refractivity contribution in [2.75, 3.05) is 13.1 Å². The summed E-state index contributed by atoms with van der Waals surface area (Å²) in [5.74, 6) is 0. The van der Waals surface area contributed by atoms with Crippen molar-refractivity contribution in [1.29, 1.82) is 0 Å². The molecular formula is C20H22N2O. The lowest BCUT2D eigenvalue weighted by atomic mass is 9.74. The highest BCUT2D eigenvalue weighted by Crippen LogP contribution is 2.40. The van der Waals surface area contributed by atoms with Crippen molar-refractivity contribution in [3.8, 4) is 0 Å². The number of aliphatic hydroxyl groups excluding tert-OH is 1. The van der Waals surface area contributed by atoms with Crippen molar-refractivity contribution in [2.24, 2.45) is 0 Å². The molecule has 3 heteroatoms. The molecule has 23 heavy (non-hydrogen) atoms. The number of benzene rings is 2. The Morgan fingerprint density at radius 1 is 1.09 bits per heavy atom. The molecule has 2 aromatic carbocycles. The number of aromatic amines is 1. The highest BCUT2D eigenvalue weighted by molar-refractivity contribution is 5.80. The Morgan fingerprint density at radius 2 is 1.96 bits per heavy atom. The highest BCUT2D eigenvalue weighted by Gasteiger charge is 2.37. The van der Waals surface area contributed by atoms with Crippen LogP contribution in [0.5, 0.6) is 0 Å². The molecule has 1 aromatic heterocycles. The summed E-state index contributed by atoms with van der Waals surface area (Å²) >= 11 is 0. The zero-order valence-corrected chi connectivity index (χ0v) is 13.1. The fraction of sp³-hybridized carbons (Fsp3) is 0.300. The van der Waals surface area contributed by atoms with E-state index < -0.39 is 6.10 Å².